The predicted octanol–water partition coefficient (Wildman–Crippen LogP) is 3.25. The number of nitrogens with zero attached hydrogens (tertiary/aromatic N) is 2. The van der Waals surface area contributed by atoms with Crippen molar-refractivity contribution >= 4 is 33.8 Å². The molecule has 0 aliphatic rings. The van der Waals surface area contributed by atoms with Gasteiger partial charge in [-0.2, -0.15) is 0 Å². The summed E-state index contributed by atoms with van der Waals surface area (Å²) in [7, 11) is 1.35. The number of aryl methyl sites for hydroxylation is 1. The number of para-hydroxylation sites is 1. The molecule has 0 saturated carbocycles. The number of rotatable bonds is 7. The Morgan fingerprint density at radius 3 is 2.62 bits per heavy atom. The van der Waals surface area contributed by atoms with E-state index in [9.17, 15) is 18.8 Å². The van der Waals surface area contributed by atoms with E-state index in [1.165, 1.54) is 23.8 Å². The van der Waals surface area contributed by atoms with Crippen molar-refractivity contribution in [2.24, 2.45) is 0 Å². The number of nitrogens with one attached hydrogen (secondary N) is 1. The molecule has 2 heterocycles. The molecule has 0 saturated heterocycles. The standard InChI is InChI=1S/C23H20FN3O4S/c1-31-20-9-8-15(13-18(20)24)25-21(28)14-27-19-7-3-2-6-17(19)22(29)26(23(27)30)11-10-16-5-4-12-32-16/h2-9,12-13H,10-11,14H2,1H3,(H,25,28). The minimum atomic E-state index is -0.616. The van der Waals surface area contributed by atoms with E-state index in [4.69, 9.17) is 4.74 Å². The van der Waals surface area contributed by atoms with Crippen LogP contribution in [0.3, 0.4) is 0 Å². The maximum Gasteiger partial charge on any atom is 0.331 e. The van der Waals surface area contributed by atoms with Gasteiger partial charge >= 0.3 is 5.69 Å². The van der Waals surface area contributed by atoms with Gasteiger partial charge in [0, 0.05) is 23.2 Å². The fourth-order valence-electron chi connectivity index (χ4n) is 3.49. The summed E-state index contributed by atoms with van der Waals surface area (Å²) < 4.78 is 21.2. The van der Waals surface area contributed by atoms with Crippen LogP contribution in [0.1, 0.15) is 4.88 Å². The van der Waals surface area contributed by atoms with Gasteiger partial charge in [0.1, 0.15) is 6.54 Å². The number of hydrogen-bond donors (Lipinski definition) is 1. The Morgan fingerprint density at radius 1 is 1.09 bits per heavy atom. The summed E-state index contributed by atoms with van der Waals surface area (Å²) in [6.45, 7) is -0.124. The highest BCUT2D eigenvalue weighted by atomic mass is 32.1. The first-order valence-corrected chi connectivity index (χ1v) is 10.7. The monoisotopic (exact) mass is 453 g/mol. The van der Waals surface area contributed by atoms with Crippen molar-refractivity contribution in [3.8, 4) is 5.75 Å². The number of benzene rings is 2. The molecular weight excluding hydrogens is 433 g/mol. The Morgan fingerprint density at radius 2 is 1.91 bits per heavy atom. The highest BCUT2D eigenvalue weighted by Gasteiger charge is 2.16. The van der Waals surface area contributed by atoms with Crippen LogP contribution in [0.25, 0.3) is 10.9 Å². The van der Waals surface area contributed by atoms with E-state index >= 15 is 0 Å². The molecule has 0 radical (unpaired) electrons. The van der Waals surface area contributed by atoms with Gasteiger partial charge in [-0.25, -0.2) is 9.18 Å². The summed E-state index contributed by atoms with van der Waals surface area (Å²) in [5, 5.41) is 4.87. The summed E-state index contributed by atoms with van der Waals surface area (Å²) in [6, 6.07) is 14.6. The first kappa shape index (κ1) is 21.5. The molecule has 7 nitrogen and oxygen atoms in total. The maximum atomic E-state index is 13.9. The molecule has 0 aliphatic carbocycles. The SMILES string of the molecule is COc1ccc(NC(=O)Cn2c(=O)n(CCc3cccs3)c(=O)c3ccccc32)cc1F. The van der Waals surface area contributed by atoms with E-state index in [2.05, 4.69) is 5.32 Å². The van der Waals surface area contributed by atoms with Gasteiger partial charge in [-0.15, -0.1) is 11.3 Å². The van der Waals surface area contributed by atoms with Crippen molar-refractivity contribution in [2.75, 3.05) is 12.4 Å². The van der Waals surface area contributed by atoms with Crippen molar-refractivity contribution in [3.63, 3.8) is 0 Å². The Kier molecular flexibility index (Phi) is 6.18. The van der Waals surface area contributed by atoms with Crippen LogP contribution >= 0.6 is 11.3 Å². The second-order valence-corrected chi connectivity index (χ2v) is 8.10. The molecule has 0 unspecified atom stereocenters. The number of halogens is 1. The third-order valence-electron chi connectivity index (χ3n) is 5.03. The summed E-state index contributed by atoms with van der Waals surface area (Å²) >= 11 is 1.55. The molecule has 2 aromatic carbocycles. The third kappa shape index (κ3) is 4.33. The second kappa shape index (κ2) is 9.19. The lowest BCUT2D eigenvalue weighted by Crippen LogP contribution is -2.42. The number of carbonyl (C=O) groups is 1. The minimum Gasteiger partial charge on any atom is -0.494 e. The van der Waals surface area contributed by atoms with E-state index in [1.54, 1.807) is 35.6 Å². The van der Waals surface area contributed by atoms with Crippen molar-refractivity contribution in [3.05, 3.63) is 91.5 Å². The van der Waals surface area contributed by atoms with Crippen LogP contribution in [0.2, 0.25) is 0 Å². The number of fused-ring (bicyclic) bond motifs is 1. The number of ether oxygens (including phenoxy) is 1. The van der Waals surface area contributed by atoms with Crippen LogP contribution in [-0.2, 0) is 24.3 Å². The summed E-state index contributed by atoms with van der Waals surface area (Å²) in [5.41, 5.74) is -0.361. The number of amides is 1. The van der Waals surface area contributed by atoms with Crippen LogP contribution in [0.15, 0.2) is 69.6 Å². The van der Waals surface area contributed by atoms with E-state index < -0.39 is 23.0 Å². The van der Waals surface area contributed by atoms with E-state index in [0.717, 1.165) is 15.5 Å². The van der Waals surface area contributed by atoms with E-state index in [-0.39, 0.29) is 24.5 Å². The van der Waals surface area contributed by atoms with Crippen molar-refractivity contribution in [2.45, 2.75) is 19.5 Å². The van der Waals surface area contributed by atoms with Crippen LogP contribution in [-0.4, -0.2) is 22.2 Å². The molecular formula is C23H20FN3O4S. The number of anilines is 1. The van der Waals surface area contributed by atoms with Crippen LogP contribution < -0.4 is 21.3 Å². The van der Waals surface area contributed by atoms with Crippen LogP contribution in [0.5, 0.6) is 5.75 Å². The number of aromatic nitrogens is 2. The van der Waals surface area contributed by atoms with Gasteiger partial charge in [0.05, 0.1) is 18.0 Å². The molecule has 0 fully saturated rings. The van der Waals surface area contributed by atoms with Crippen LogP contribution in [0.4, 0.5) is 10.1 Å². The Bertz CT molecular complexity index is 1390. The molecule has 0 spiro atoms. The van der Waals surface area contributed by atoms with Gasteiger partial charge in [0.25, 0.3) is 5.56 Å². The molecule has 32 heavy (non-hydrogen) atoms. The fourth-order valence-corrected chi connectivity index (χ4v) is 4.18. The number of thiophene rings is 1. The predicted molar refractivity (Wildman–Crippen MR) is 122 cm³/mol. The minimum absolute atomic E-state index is 0.0584. The quantitative estimate of drug-likeness (QED) is 0.466. The lowest BCUT2D eigenvalue weighted by atomic mass is 10.2. The van der Waals surface area contributed by atoms with Gasteiger partial charge in [-0.3, -0.25) is 18.7 Å². The number of hydrogen-bond acceptors (Lipinski definition) is 5. The maximum absolute atomic E-state index is 13.9. The van der Waals surface area contributed by atoms with Crippen molar-refractivity contribution in [1.29, 1.82) is 0 Å². The fraction of sp³-hybridized carbons (Fsp3) is 0.174. The highest BCUT2D eigenvalue weighted by Crippen LogP contribution is 2.20. The molecule has 0 aliphatic heterocycles. The molecule has 9 heteroatoms. The summed E-state index contributed by atoms with van der Waals surface area (Å²) in [5.74, 6) is -1.08. The molecule has 1 N–H and O–H groups in total. The van der Waals surface area contributed by atoms with Gasteiger partial charge in [-0.1, -0.05) is 18.2 Å². The number of methoxy groups -OCH3 is 1. The van der Waals surface area contributed by atoms with Crippen LogP contribution in [0, 0.1) is 5.82 Å². The summed E-state index contributed by atoms with van der Waals surface area (Å²) in [4.78, 5) is 39.8. The van der Waals surface area contributed by atoms with Gasteiger partial charge in [0.15, 0.2) is 11.6 Å². The summed E-state index contributed by atoms with van der Waals surface area (Å²) in [6.07, 6.45) is 0.530. The largest absolute Gasteiger partial charge is 0.494 e. The zero-order valence-electron chi connectivity index (χ0n) is 17.2. The molecule has 2 aromatic heterocycles. The van der Waals surface area contributed by atoms with Crippen molar-refractivity contribution in [1.82, 2.24) is 9.13 Å². The highest BCUT2D eigenvalue weighted by molar-refractivity contribution is 7.09. The average Bonchev–Trinajstić information content (AvgIpc) is 3.30. The molecule has 0 bridgehead atoms. The van der Waals surface area contributed by atoms with E-state index in [0.29, 0.717) is 17.3 Å². The van der Waals surface area contributed by atoms with Gasteiger partial charge < -0.3 is 10.1 Å². The first-order valence-electron chi connectivity index (χ1n) is 9.86. The lowest BCUT2D eigenvalue weighted by molar-refractivity contribution is -0.116. The normalized spacial score (nSPS) is 10.9. The Hall–Kier alpha value is -3.72. The van der Waals surface area contributed by atoms with E-state index in [1.807, 2.05) is 17.5 Å². The lowest BCUT2D eigenvalue weighted by Gasteiger charge is -2.14. The van der Waals surface area contributed by atoms with Crippen molar-refractivity contribution < 1.29 is 13.9 Å². The smallest absolute Gasteiger partial charge is 0.331 e. The topological polar surface area (TPSA) is 82.3 Å². The number of carbonyl (C=O) groups excluding carboxylic acids is 1. The molecule has 0 atom stereocenters. The Labute approximate surface area is 186 Å². The Balaban J connectivity index is 1.66. The zero-order chi connectivity index (χ0) is 22.7. The second-order valence-electron chi connectivity index (χ2n) is 7.07. The average molecular weight is 453 g/mol. The molecule has 4 rings (SSSR count). The van der Waals surface area contributed by atoms with Gasteiger partial charge in [0.2, 0.25) is 5.91 Å². The molecule has 4 aromatic rings. The first-order chi connectivity index (χ1) is 15.5. The van der Waals surface area contributed by atoms with Gasteiger partial charge in [-0.05, 0) is 42.1 Å². The molecule has 1 amide bonds. The molecule has 164 valence electrons. The third-order valence-corrected chi connectivity index (χ3v) is 5.97. The zero-order valence-corrected chi connectivity index (χ0v) is 18.0.